The number of amides is 6. The van der Waals surface area contributed by atoms with E-state index >= 15 is 0 Å². The molecule has 0 unspecified atom stereocenters. The number of halogens is 3. The van der Waals surface area contributed by atoms with Crippen molar-refractivity contribution in [1.82, 2.24) is 24.9 Å². The van der Waals surface area contributed by atoms with Gasteiger partial charge in [-0.1, -0.05) is 144 Å². The molecule has 13 atom stereocenters. The van der Waals surface area contributed by atoms with Crippen LogP contribution in [0.3, 0.4) is 0 Å². The molecule has 20 nitrogen and oxygen atoms in total. The molecular weight excluding hydrogens is 1280 g/mol. The van der Waals surface area contributed by atoms with Crippen LogP contribution in [0.15, 0.2) is 66.7 Å². The van der Waals surface area contributed by atoms with Gasteiger partial charge >= 0.3 is 12.3 Å². The Balaban J connectivity index is 1.21. The lowest BCUT2D eigenvalue weighted by Crippen LogP contribution is -2.54. The van der Waals surface area contributed by atoms with Crippen molar-refractivity contribution in [3.05, 3.63) is 77.9 Å². The summed E-state index contributed by atoms with van der Waals surface area (Å²) in [7, 11) is 6.23. The van der Waals surface area contributed by atoms with Crippen molar-refractivity contribution >= 4 is 58.7 Å². The zero-order chi connectivity index (χ0) is 73.6. The quantitative estimate of drug-likeness (QED) is 0.0356. The number of alkyl halides is 3. The van der Waals surface area contributed by atoms with Crippen LogP contribution >= 0.6 is 0 Å². The molecule has 1 aliphatic carbocycles. The molecule has 1 saturated heterocycles. The summed E-state index contributed by atoms with van der Waals surface area (Å²) in [5.41, 5.74) is 7.64. The van der Waals surface area contributed by atoms with Gasteiger partial charge in [-0.05, 0) is 116 Å². The van der Waals surface area contributed by atoms with E-state index in [2.05, 4.69) is 10.6 Å². The SMILES string of the molecule is CC[C@H](C)[C@@H]([C@@H](CC(=O)N1CCC[C@H]1[C@H](OC)[C@@H](C)C(=O)C[C@H](C)[C@@H](O)c1ccccc1)OC)N(C)C(=O)[C@@H](CC(=O)[C@H](C(C)C)N(C)C(=O)OCc1ccc(NC(=O)[C@@H](CC(=O)[C@@H](N[C@@H](CCCCCN2C(=O)C=CC2=O)C(F)(F)F)C(C)C)CC2CCC(CN)CC2)cc1)C(C)C. The van der Waals surface area contributed by atoms with Crippen LogP contribution in [0.25, 0.3) is 0 Å². The fourth-order valence-corrected chi connectivity index (χ4v) is 14.9. The van der Waals surface area contributed by atoms with Gasteiger partial charge in [-0.25, -0.2) is 4.79 Å². The monoisotopic (exact) mass is 1390 g/mol. The minimum Gasteiger partial charge on any atom is -0.445 e. The zero-order valence-electron chi connectivity index (χ0n) is 61.2. The third-order valence-corrected chi connectivity index (χ3v) is 21.1. The number of nitrogens with one attached hydrogen (secondary N) is 2. The predicted octanol–water partition coefficient (Wildman–Crippen LogP) is 11.5. The van der Waals surface area contributed by atoms with Crippen LogP contribution in [0.4, 0.5) is 23.7 Å². The highest BCUT2D eigenvalue weighted by molar-refractivity contribution is 6.12. The van der Waals surface area contributed by atoms with Crippen molar-refractivity contribution < 1.29 is 75.6 Å². The van der Waals surface area contributed by atoms with Gasteiger partial charge in [0.1, 0.15) is 18.4 Å². The second-order valence-electron chi connectivity index (χ2n) is 29.4. The van der Waals surface area contributed by atoms with Crippen molar-refractivity contribution in [3.63, 3.8) is 0 Å². The number of carbonyl (C=O) groups excluding carboxylic acids is 9. The Kier molecular flexibility index (Phi) is 33.4. The minimum atomic E-state index is -4.69. The van der Waals surface area contributed by atoms with E-state index in [0.717, 1.165) is 48.3 Å². The Bertz CT molecular complexity index is 2960. The van der Waals surface area contributed by atoms with Crippen LogP contribution in [0.2, 0.25) is 0 Å². The maximum absolute atomic E-state index is 14.9. The largest absolute Gasteiger partial charge is 0.445 e. The van der Waals surface area contributed by atoms with Gasteiger partial charge in [0, 0.05) is 96.3 Å². The van der Waals surface area contributed by atoms with Gasteiger partial charge in [0.05, 0.1) is 48.9 Å². The average Bonchev–Trinajstić information content (AvgIpc) is 1.79. The molecule has 2 heterocycles. The lowest BCUT2D eigenvalue weighted by atomic mass is 9.76. The van der Waals surface area contributed by atoms with Crippen LogP contribution in [0, 0.1) is 59.2 Å². The molecular formula is C76H116F3N7O13. The Morgan fingerprint density at radius 2 is 1.34 bits per heavy atom. The number of likely N-dealkylation sites (N-methyl/N-ethyl adjacent to an activating group) is 2. The first-order chi connectivity index (χ1) is 46.8. The first-order valence-corrected chi connectivity index (χ1v) is 36.1. The molecule has 1 saturated carbocycles. The van der Waals surface area contributed by atoms with E-state index in [1.807, 2.05) is 71.9 Å². The molecule has 0 radical (unpaired) electrons. The third-order valence-electron chi connectivity index (χ3n) is 21.1. The van der Waals surface area contributed by atoms with Gasteiger partial charge in [-0.15, -0.1) is 0 Å². The van der Waals surface area contributed by atoms with E-state index in [0.29, 0.717) is 68.8 Å². The Morgan fingerprint density at radius 1 is 0.717 bits per heavy atom. The smallest absolute Gasteiger partial charge is 0.410 e. The number of rotatable bonds is 41. The van der Waals surface area contributed by atoms with Gasteiger partial charge < -0.3 is 45.1 Å². The number of aliphatic hydroxyl groups excluding tert-OH is 1. The number of carbonyl (C=O) groups is 9. The van der Waals surface area contributed by atoms with Gasteiger partial charge in [0.25, 0.3) is 11.8 Å². The van der Waals surface area contributed by atoms with Crippen molar-refractivity contribution in [2.24, 2.45) is 64.9 Å². The van der Waals surface area contributed by atoms with E-state index in [9.17, 15) is 61.4 Å². The number of imide groups is 1. The van der Waals surface area contributed by atoms with Gasteiger partial charge in [0.2, 0.25) is 17.7 Å². The highest BCUT2D eigenvalue weighted by atomic mass is 19.4. The van der Waals surface area contributed by atoms with Crippen LogP contribution < -0.4 is 16.4 Å². The van der Waals surface area contributed by atoms with Gasteiger partial charge in [-0.2, -0.15) is 13.2 Å². The van der Waals surface area contributed by atoms with Crippen molar-refractivity contribution in [2.45, 2.75) is 233 Å². The maximum Gasteiger partial charge on any atom is 0.410 e. The maximum atomic E-state index is 14.9. The van der Waals surface area contributed by atoms with E-state index in [1.54, 1.807) is 75.9 Å². The van der Waals surface area contributed by atoms with E-state index in [-0.39, 0.29) is 98.7 Å². The third kappa shape index (κ3) is 23.8. The molecule has 2 aromatic carbocycles. The Hall–Kier alpha value is -6.40. The molecule has 6 amide bonds. The molecule has 23 heteroatoms. The second-order valence-corrected chi connectivity index (χ2v) is 29.4. The Labute approximate surface area is 586 Å². The van der Waals surface area contributed by atoms with Crippen molar-refractivity contribution in [2.75, 3.05) is 53.3 Å². The number of Topliss-reactive ketones (excluding diaryl/α,β-unsaturated/α-hetero) is 3. The standard InChI is InChI=1S/C76H116F3N7O13/c1-15-49(8)70(63(97-13)43-67(92)85-38-22-25-59(85)72(98-14)51(10)60(87)39-50(9)71(93)55-23-18-16-19-24-55)83(11)74(95)58(46(2)3)42-62(89)69(48(6)7)84(12)75(96)99-45-54-31-33-57(34-32-54)81-73(94)56(40-52-27-29-53(44-80)30-28-52)41-61(88)68(47(4)5)82-64(76(77,78)79)26-20-17-21-37-86-65(90)35-36-66(86)91/h16,18-19,23-24,31-36,46-53,56,58-59,63-64,68-72,82,93H,15,17,20-22,25-30,37-45,80H2,1-14H3,(H,81,94)/t49-,50-,51-,52?,53?,56+,58-,59-,63+,64-,68-,69-,70-,71+,72+/m0/s1. The van der Waals surface area contributed by atoms with E-state index in [4.69, 9.17) is 19.9 Å². The number of ether oxygens (including phenoxy) is 3. The molecule has 99 heavy (non-hydrogen) atoms. The lowest BCUT2D eigenvalue weighted by molar-refractivity contribution is -0.161. The van der Waals surface area contributed by atoms with E-state index < -0.39 is 114 Å². The highest BCUT2D eigenvalue weighted by Crippen LogP contribution is 2.37. The molecule has 2 aliphatic heterocycles. The number of nitrogens with zero attached hydrogens (tertiary/aromatic N) is 4. The van der Waals surface area contributed by atoms with Crippen molar-refractivity contribution in [1.29, 1.82) is 0 Å². The number of methoxy groups -OCH3 is 2. The molecule has 0 aromatic heterocycles. The number of anilines is 1. The van der Waals surface area contributed by atoms with Crippen LogP contribution in [0.5, 0.6) is 0 Å². The molecule has 2 fully saturated rings. The fraction of sp³-hybridized carbons (Fsp3) is 0.697. The second kappa shape index (κ2) is 39.7. The van der Waals surface area contributed by atoms with Gasteiger partial charge in [0.15, 0.2) is 11.6 Å². The number of aliphatic hydroxyl groups is 1. The number of likely N-dealkylation sites (tertiary alicyclic amines) is 1. The molecule has 554 valence electrons. The molecule has 5 N–H and O–H groups in total. The normalized spacial score (nSPS) is 20.4. The number of benzene rings is 2. The summed E-state index contributed by atoms with van der Waals surface area (Å²) in [6.45, 7) is 19.2. The topological polar surface area (TPSA) is 265 Å². The van der Waals surface area contributed by atoms with E-state index in [1.165, 1.54) is 19.1 Å². The summed E-state index contributed by atoms with van der Waals surface area (Å²) in [4.78, 5) is 130. The average molecular weight is 1390 g/mol. The molecule has 2 aromatic rings. The van der Waals surface area contributed by atoms with Crippen LogP contribution in [0.1, 0.15) is 189 Å². The Morgan fingerprint density at radius 3 is 1.90 bits per heavy atom. The molecule has 3 aliphatic rings. The molecule has 0 bridgehead atoms. The summed E-state index contributed by atoms with van der Waals surface area (Å²) in [5.74, 6) is -6.38. The molecule has 0 spiro atoms. The van der Waals surface area contributed by atoms with Crippen molar-refractivity contribution in [3.8, 4) is 0 Å². The van der Waals surface area contributed by atoms with Gasteiger partial charge in [-0.3, -0.25) is 48.6 Å². The summed E-state index contributed by atoms with van der Waals surface area (Å²) in [6.07, 6.45) is 0.295. The zero-order valence-corrected chi connectivity index (χ0v) is 61.2. The number of unbranched alkanes of at least 4 members (excludes halogenated alkanes) is 2. The summed E-state index contributed by atoms with van der Waals surface area (Å²) >= 11 is 0. The minimum absolute atomic E-state index is 0.0608. The summed E-state index contributed by atoms with van der Waals surface area (Å²) in [6, 6.07) is 10.6. The number of hydrogen-bond acceptors (Lipinski definition) is 15. The predicted molar refractivity (Wildman–Crippen MR) is 374 cm³/mol. The number of hydrogen-bond donors (Lipinski definition) is 4. The fourth-order valence-electron chi connectivity index (χ4n) is 14.9. The lowest BCUT2D eigenvalue weighted by Gasteiger charge is -2.41. The number of ketones is 3. The highest BCUT2D eigenvalue weighted by Gasteiger charge is 2.46. The molecule has 5 rings (SSSR count). The van der Waals surface area contributed by atoms with Crippen LogP contribution in [-0.2, 0) is 59.2 Å². The summed E-state index contributed by atoms with van der Waals surface area (Å²) in [5, 5.41) is 16.6. The first kappa shape index (κ1) is 83.3. The van der Waals surface area contributed by atoms with Crippen LogP contribution in [-0.4, -0.2) is 174 Å². The first-order valence-electron chi connectivity index (χ1n) is 36.1. The summed E-state index contributed by atoms with van der Waals surface area (Å²) < 4.78 is 61.7. The number of nitrogens with two attached hydrogens (primary N) is 1.